The van der Waals surface area contributed by atoms with Gasteiger partial charge in [0.25, 0.3) is 5.91 Å². The number of benzene rings is 2. The van der Waals surface area contributed by atoms with E-state index in [1.54, 1.807) is 18.2 Å². The Hall–Kier alpha value is -2.71. The number of carbonyl (C=O) groups excluding carboxylic acids is 1. The zero-order valence-electron chi connectivity index (χ0n) is 13.2. The second-order valence-corrected chi connectivity index (χ2v) is 6.44. The molecule has 0 spiro atoms. The van der Waals surface area contributed by atoms with Gasteiger partial charge >= 0.3 is 0 Å². The average molecular weight is 378 g/mol. The summed E-state index contributed by atoms with van der Waals surface area (Å²) in [6, 6.07) is 9.09. The van der Waals surface area contributed by atoms with Crippen LogP contribution in [0.4, 0.5) is 13.2 Å². The molecule has 134 valence electrons. The van der Waals surface area contributed by atoms with Gasteiger partial charge in [-0.3, -0.25) is 4.79 Å². The van der Waals surface area contributed by atoms with E-state index in [9.17, 15) is 23.1 Å². The molecule has 1 amide bonds. The normalized spacial score (nSPS) is 12.0. The van der Waals surface area contributed by atoms with Gasteiger partial charge in [0, 0.05) is 12.1 Å². The molecule has 0 saturated heterocycles. The second-order valence-electron chi connectivity index (χ2n) is 5.41. The van der Waals surface area contributed by atoms with E-state index in [2.05, 4.69) is 10.3 Å². The maximum absolute atomic E-state index is 13.8. The van der Waals surface area contributed by atoms with E-state index in [1.165, 1.54) is 18.3 Å². The first-order valence-corrected chi connectivity index (χ1v) is 8.39. The van der Waals surface area contributed by atoms with Gasteiger partial charge in [0.05, 0.1) is 12.3 Å². The van der Waals surface area contributed by atoms with Crippen LogP contribution in [-0.4, -0.2) is 22.5 Å². The summed E-state index contributed by atoms with van der Waals surface area (Å²) in [6.45, 7) is -0.198. The number of aliphatic hydroxyl groups is 1. The van der Waals surface area contributed by atoms with Crippen LogP contribution in [0.1, 0.15) is 21.3 Å². The molecular weight excluding hydrogens is 365 g/mol. The summed E-state index contributed by atoms with van der Waals surface area (Å²) < 4.78 is 39.9. The molecule has 26 heavy (non-hydrogen) atoms. The molecule has 0 radical (unpaired) electrons. The molecule has 2 aromatic carbocycles. The van der Waals surface area contributed by atoms with Crippen molar-refractivity contribution in [2.75, 3.05) is 6.54 Å². The van der Waals surface area contributed by atoms with Crippen molar-refractivity contribution in [1.29, 1.82) is 0 Å². The number of thiazole rings is 1. The summed E-state index contributed by atoms with van der Waals surface area (Å²) in [4.78, 5) is 16.4. The molecule has 0 unspecified atom stereocenters. The zero-order valence-corrected chi connectivity index (χ0v) is 14.1. The highest BCUT2D eigenvalue weighted by atomic mass is 32.1. The highest BCUT2D eigenvalue weighted by molar-refractivity contribution is 7.16. The fourth-order valence-electron chi connectivity index (χ4n) is 2.25. The first-order chi connectivity index (χ1) is 12.5. The summed E-state index contributed by atoms with van der Waals surface area (Å²) in [5.41, 5.74) is 0.430. The van der Waals surface area contributed by atoms with E-state index in [-0.39, 0.29) is 17.0 Å². The Bertz CT molecular complexity index is 946. The van der Waals surface area contributed by atoms with Crippen molar-refractivity contribution < 1.29 is 23.1 Å². The van der Waals surface area contributed by atoms with Crippen LogP contribution in [0.2, 0.25) is 0 Å². The zero-order chi connectivity index (χ0) is 18.7. The Morgan fingerprint density at radius 3 is 2.62 bits per heavy atom. The van der Waals surface area contributed by atoms with Gasteiger partial charge in [-0.1, -0.05) is 18.2 Å². The lowest BCUT2D eigenvalue weighted by Crippen LogP contribution is -2.27. The fourth-order valence-corrected chi connectivity index (χ4v) is 3.11. The van der Waals surface area contributed by atoms with Crippen molar-refractivity contribution >= 4 is 17.2 Å². The predicted octanol–water partition coefficient (Wildman–Crippen LogP) is 3.69. The number of rotatable bonds is 5. The number of hydrogen-bond acceptors (Lipinski definition) is 4. The molecule has 8 heteroatoms. The SMILES string of the molecule is O=C(NC[C@H](O)c1ccc(F)c(F)c1)c1cnc(-c2ccccc2F)s1. The van der Waals surface area contributed by atoms with Crippen molar-refractivity contribution in [2.45, 2.75) is 6.10 Å². The second kappa shape index (κ2) is 7.67. The third-order valence-corrected chi connectivity index (χ3v) is 4.65. The molecule has 0 fully saturated rings. The number of carbonyl (C=O) groups is 1. The number of nitrogens with one attached hydrogen (secondary N) is 1. The van der Waals surface area contributed by atoms with Crippen molar-refractivity contribution in [3.63, 3.8) is 0 Å². The lowest BCUT2D eigenvalue weighted by atomic mass is 10.1. The highest BCUT2D eigenvalue weighted by Crippen LogP contribution is 2.27. The fraction of sp³-hybridized carbons (Fsp3) is 0.111. The van der Waals surface area contributed by atoms with E-state index in [1.807, 2.05) is 0 Å². The van der Waals surface area contributed by atoms with E-state index in [0.29, 0.717) is 10.6 Å². The Labute approximate surface area is 151 Å². The molecule has 1 heterocycles. The minimum absolute atomic E-state index is 0.139. The van der Waals surface area contributed by atoms with Gasteiger partial charge in [-0.2, -0.15) is 0 Å². The Balaban J connectivity index is 1.65. The summed E-state index contributed by atoms with van der Waals surface area (Å²) in [6.07, 6.45) is 0.110. The van der Waals surface area contributed by atoms with Crippen LogP contribution in [0.25, 0.3) is 10.6 Å². The highest BCUT2D eigenvalue weighted by Gasteiger charge is 2.16. The smallest absolute Gasteiger partial charge is 0.263 e. The van der Waals surface area contributed by atoms with Gasteiger partial charge < -0.3 is 10.4 Å². The van der Waals surface area contributed by atoms with E-state index in [0.717, 1.165) is 23.5 Å². The van der Waals surface area contributed by atoms with Crippen LogP contribution in [-0.2, 0) is 0 Å². The molecule has 1 aromatic heterocycles. The van der Waals surface area contributed by atoms with E-state index < -0.39 is 29.5 Å². The Morgan fingerprint density at radius 1 is 1.12 bits per heavy atom. The number of aliphatic hydroxyl groups excluding tert-OH is 1. The summed E-state index contributed by atoms with van der Waals surface area (Å²) in [7, 11) is 0. The van der Waals surface area contributed by atoms with Gasteiger partial charge in [0.2, 0.25) is 0 Å². The topological polar surface area (TPSA) is 62.2 Å². The summed E-state index contributed by atoms with van der Waals surface area (Å²) >= 11 is 1.01. The van der Waals surface area contributed by atoms with E-state index >= 15 is 0 Å². The first-order valence-electron chi connectivity index (χ1n) is 7.57. The van der Waals surface area contributed by atoms with Gasteiger partial charge in [-0.15, -0.1) is 11.3 Å². The molecule has 0 bridgehead atoms. The molecule has 0 aliphatic rings. The Kier molecular flexibility index (Phi) is 5.34. The van der Waals surface area contributed by atoms with Crippen molar-refractivity contribution in [3.8, 4) is 10.6 Å². The molecule has 0 saturated carbocycles. The minimum atomic E-state index is -1.20. The third kappa shape index (κ3) is 3.92. The Morgan fingerprint density at radius 2 is 1.88 bits per heavy atom. The largest absolute Gasteiger partial charge is 0.387 e. The summed E-state index contributed by atoms with van der Waals surface area (Å²) in [5.74, 6) is -3.05. The first kappa shape index (κ1) is 18.1. The lowest BCUT2D eigenvalue weighted by molar-refractivity contribution is 0.0920. The lowest BCUT2D eigenvalue weighted by Gasteiger charge is -2.12. The van der Waals surface area contributed by atoms with Crippen molar-refractivity contribution in [2.24, 2.45) is 0 Å². The maximum Gasteiger partial charge on any atom is 0.263 e. The van der Waals surface area contributed by atoms with Crippen LogP contribution in [0.5, 0.6) is 0 Å². The molecule has 0 aliphatic carbocycles. The van der Waals surface area contributed by atoms with Crippen LogP contribution < -0.4 is 5.32 Å². The summed E-state index contributed by atoms with van der Waals surface area (Å²) in [5, 5.41) is 12.8. The maximum atomic E-state index is 13.8. The molecule has 0 aliphatic heterocycles. The number of aromatic nitrogens is 1. The molecule has 3 aromatic rings. The van der Waals surface area contributed by atoms with Gasteiger partial charge in [0.1, 0.15) is 15.7 Å². The number of halogens is 3. The monoisotopic (exact) mass is 378 g/mol. The van der Waals surface area contributed by atoms with Crippen LogP contribution in [0.15, 0.2) is 48.7 Å². The molecule has 2 N–H and O–H groups in total. The number of amides is 1. The van der Waals surface area contributed by atoms with Gasteiger partial charge in [-0.05, 0) is 29.8 Å². The average Bonchev–Trinajstić information content (AvgIpc) is 3.12. The molecule has 3 rings (SSSR count). The van der Waals surface area contributed by atoms with Crippen LogP contribution in [0.3, 0.4) is 0 Å². The quantitative estimate of drug-likeness (QED) is 0.712. The molecule has 1 atom stereocenters. The minimum Gasteiger partial charge on any atom is -0.387 e. The third-order valence-electron chi connectivity index (χ3n) is 3.62. The van der Waals surface area contributed by atoms with E-state index in [4.69, 9.17) is 0 Å². The van der Waals surface area contributed by atoms with Gasteiger partial charge in [-0.25, -0.2) is 18.2 Å². The molecular formula is C18H13F3N2O2S. The number of nitrogens with zero attached hydrogens (tertiary/aromatic N) is 1. The van der Waals surface area contributed by atoms with Gasteiger partial charge in [0.15, 0.2) is 11.6 Å². The van der Waals surface area contributed by atoms with Crippen LogP contribution in [0, 0.1) is 17.5 Å². The van der Waals surface area contributed by atoms with Crippen molar-refractivity contribution in [3.05, 3.63) is 76.6 Å². The number of hydrogen-bond donors (Lipinski definition) is 2. The van der Waals surface area contributed by atoms with Crippen LogP contribution >= 0.6 is 11.3 Å². The standard InChI is InChI=1S/C18H13F3N2O2S/c19-12-4-2-1-3-11(12)18-23-9-16(26-18)17(25)22-8-15(24)10-5-6-13(20)14(21)7-10/h1-7,9,15,24H,8H2,(H,22,25)/t15-/m0/s1. The predicted molar refractivity (Wildman–Crippen MR) is 91.2 cm³/mol. The molecule has 4 nitrogen and oxygen atoms in total. The van der Waals surface area contributed by atoms with Crippen molar-refractivity contribution in [1.82, 2.24) is 10.3 Å².